The second-order valence-corrected chi connectivity index (χ2v) is 11.4. The monoisotopic (exact) mass is 564 g/mol. The normalized spacial score (nSPS) is 16.7. The molecule has 3 heterocycles. The Balaban J connectivity index is 1.24. The number of rotatable bonds is 5. The average molecular weight is 565 g/mol. The van der Waals surface area contributed by atoms with E-state index >= 15 is 4.39 Å². The molecule has 0 saturated carbocycles. The first-order chi connectivity index (χ1) is 20.4. The van der Waals surface area contributed by atoms with Crippen LogP contribution >= 0.6 is 0 Å². The van der Waals surface area contributed by atoms with Crippen molar-refractivity contribution in [2.75, 3.05) is 20.1 Å². The van der Waals surface area contributed by atoms with E-state index < -0.39 is 11.9 Å². The Morgan fingerprint density at radius 2 is 1.76 bits per heavy atom. The highest BCUT2D eigenvalue weighted by Crippen LogP contribution is 2.40. The van der Waals surface area contributed by atoms with E-state index in [-0.39, 0.29) is 29.6 Å². The van der Waals surface area contributed by atoms with Crippen molar-refractivity contribution >= 4 is 16.9 Å². The van der Waals surface area contributed by atoms with E-state index in [1.807, 2.05) is 48.5 Å². The first-order valence-corrected chi connectivity index (χ1v) is 14.2. The molecule has 4 aromatic carbocycles. The summed E-state index contributed by atoms with van der Waals surface area (Å²) >= 11 is 0. The number of nitrogens with zero attached hydrogens (tertiary/aromatic N) is 3. The molecule has 2 aliphatic heterocycles. The van der Waals surface area contributed by atoms with Crippen LogP contribution in [0.4, 0.5) is 8.78 Å². The lowest BCUT2D eigenvalue weighted by Gasteiger charge is -2.29. The number of phenolic OH excluding ortho intramolecular Hbond substituents is 1. The number of nitrogens with one attached hydrogen (secondary N) is 1. The highest BCUT2D eigenvalue weighted by molar-refractivity contribution is 6.00. The number of phenols is 1. The molecule has 1 aromatic heterocycles. The number of fused-ring (bicyclic) bond motifs is 2. The number of likely N-dealkylation sites (tertiary alicyclic amines) is 1. The summed E-state index contributed by atoms with van der Waals surface area (Å²) in [5, 5.41) is 10.8. The van der Waals surface area contributed by atoms with Crippen LogP contribution in [0.2, 0.25) is 0 Å². The van der Waals surface area contributed by atoms with Crippen molar-refractivity contribution in [2.45, 2.75) is 31.3 Å². The number of aromatic nitrogens is 2. The fourth-order valence-electron chi connectivity index (χ4n) is 6.37. The maximum atomic E-state index is 15.5. The number of hydrogen-bond donors (Lipinski definition) is 2. The molecule has 8 heteroatoms. The lowest BCUT2D eigenvalue weighted by molar-refractivity contribution is 0.0723. The predicted molar refractivity (Wildman–Crippen MR) is 157 cm³/mol. The van der Waals surface area contributed by atoms with Crippen LogP contribution in [0.1, 0.15) is 57.7 Å². The van der Waals surface area contributed by atoms with E-state index in [0.717, 1.165) is 42.6 Å². The van der Waals surface area contributed by atoms with E-state index in [2.05, 4.69) is 16.9 Å². The lowest BCUT2D eigenvalue weighted by atomic mass is 9.88. The standard InChI is InChI=1S/C34H30F2N4O2/c1-39-14-12-20(13-15-39)21-8-10-25(28(36)17-21)22-6-7-23-19-40(34(42)26(23)16-22)32(27-18-24(35)9-11-31(27)41)33-37-29-4-2-3-5-30(29)38-33/h2-11,16-18,20,32,41H,12-15,19H2,1H3,(H,37,38)/t32-/m0/s1. The van der Waals surface area contributed by atoms with Crippen molar-refractivity contribution in [3.05, 3.63) is 119 Å². The van der Waals surface area contributed by atoms with Gasteiger partial charge in [0.2, 0.25) is 0 Å². The molecule has 0 bridgehead atoms. The molecule has 212 valence electrons. The van der Waals surface area contributed by atoms with E-state index in [9.17, 15) is 14.3 Å². The van der Waals surface area contributed by atoms with E-state index in [1.165, 1.54) is 18.2 Å². The van der Waals surface area contributed by atoms with Crippen LogP contribution in [-0.2, 0) is 6.54 Å². The maximum absolute atomic E-state index is 15.5. The fourth-order valence-corrected chi connectivity index (χ4v) is 6.37. The highest BCUT2D eigenvalue weighted by Gasteiger charge is 2.37. The number of piperidine rings is 1. The number of benzene rings is 4. The van der Waals surface area contributed by atoms with Crippen LogP contribution in [0.3, 0.4) is 0 Å². The molecule has 1 fully saturated rings. The fraction of sp³-hybridized carbons (Fsp3) is 0.235. The lowest BCUT2D eigenvalue weighted by Crippen LogP contribution is -2.31. The number of carbonyl (C=O) groups excluding carboxylic acids is 1. The van der Waals surface area contributed by atoms with Crippen molar-refractivity contribution in [3.63, 3.8) is 0 Å². The number of carbonyl (C=O) groups is 1. The molecule has 0 radical (unpaired) electrons. The van der Waals surface area contributed by atoms with Gasteiger partial charge >= 0.3 is 0 Å². The molecule has 1 amide bonds. The quantitative estimate of drug-likeness (QED) is 0.247. The summed E-state index contributed by atoms with van der Waals surface area (Å²) < 4.78 is 29.9. The van der Waals surface area contributed by atoms with Gasteiger partial charge in [-0.25, -0.2) is 13.8 Å². The first kappa shape index (κ1) is 26.3. The Morgan fingerprint density at radius 3 is 2.55 bits per heavy atom. The van der Waals surface area contributed by atoms with Gasteiger partial charge in [0.1, 0.15) is 29.3 Å². The summed E-state index contributed by atoms with van der Waals surface area (Å²) in [4.78, 5) is 25.8. The molecule has 0 unspecified atom stereocenters. The summed E-state index contributed by atoms with van der Waals surface area (Å²) in [5.74, 6) is -0.529. The third-order valence-corrected chi connectivity index (χ3v) is 8.70. The maximum Gasteiger partial charge on any atom is 0.255 e. The van der Waals surface area contributed by atoms with Crippen LogP contribution < -0.4 is 0 Å². The molecule has 0 spiro atoms. The highest BCUT2D eigenvalue weighted by atomic mass is 19.1. The zero-order chi connectivity index (χ0) is 29.0. The minimum atomic E-state index is -0.873. The molecule has 5 aromatic rings. The van der Waals surface area contributed by atoms with Gasteiger partial charge in [-0.1, -0.05) is 36.4 Å². The van der Waals surface area contributed by atoms with Gasteiger partial charge in [0.25, 0.3) is 5.91 Å². The zero-order valence-electron chi connectivity index (χ0n) is 23.1. The van der Waals surface area contributed by atoms with Gasteiger partial charge in [-0.3, -0.25) is 4.79 Å². The summed E-state index contributed by atoms with van der Waals surface area (Å²) in [6.07, 6.45) is 2.01. The SMILES string of the molecule is CN1CCC(c2ccc(-c3ccc4c(c3)C(=O)N([C@H](c3nc5ccccc5[nH]3)c3cc(F)ccc3O)C4)c(F)c2)CC1. The van der Waals surface area contributed by atoms with Crippen molar-refractivity contribution in [3.8, 4) is 16.9 Å². The molecule has 2 aliphatic rings. The summed E-state index contributed by atoms with van der Waals surface area (Å²) in [7, 11) is 2.11. The number of amides is 1. The number of H-pyrrole nitrogens is 1. The Labute approximate surface area is 242 Å². The number of halogens is 2. The summed E-state index contributed by atoms with van der Waals surface area (Å²) in [6, 6.07) is 21.1. The van der Waals surface area contributed by atoms with Crippen molar-refractivity contribution in [2.24, 2.45) is 0 Å². The number of hydrogen-bond acceptors (Lipinski definition) is 4. The van der Waals surface area contributed by atoms with Gasteiger partial charge in [0, 0.05) is 23.2 Å². The smallest absolute Gasteiger partial charge is 0.255 e. The number of imidazole rings is 1. The van der Waals surface area contributed by atoms with Crippen LogP contribution in [-0.4, -0.2) is 50.9 Å². The number of para-hydroxylation sites is 2. The third kappa shape index (κ3) is 4.61. The van der Waals surface area contributed by atoms with Gasteiger partial charge in [-0.2, -0.15) is 0 Å². The Morgan fingerprint density at radius 1 is 0.952 bits per heavy atom. The second kappa shape index (κ2) is 10.4. The zero-order valence-corrected chi connectivity index (χ0v) is 23.1. The topological polar surface area (TPSA) is 72.5 Å². The van der Waals surface area contributed by atoms with Crippen LogP contribution in [0.5, 0.6) is 5.75 Å². The van der Waals surface area contributed by atoms with Crippen molar-refractivity contribution < 1.29 is 18.7 Å². The molecular formula is C34H30F2N4O2. The molecule has 1 saturated heterocycles. The molecule has 2 N–H and O–H groups in total. The molecule has 1 atom stereocenters. The molecule has 42 heavy (non-hydrogen) atoms. The Bertz CT molecular complexity index is 1790. The van der Waals surface area contributed by atoms with E-state index in [1.54, 1.807) is 17.0 Å². The predicted octanol–water partition coefficient (Wildman–Crippen LogP) is 6.77. The largest absolute Gasteiger partial charge is 0.508 e. The minimum absolute atomic E-state index is 0.141. The van der Waals surface area contributed by atoms with E-state index in [0.29, 0.717) is 33.9 Å². The second-order valence-electron chi connectivity index (χ2n) is 11.4. The van der Waals surface area contributed by atoms with Gasteiger partial charge in [0.15, 0.2) is 0 Å². The third-order valence-electron chi connectivity index (χ3n) is 8.70. The van der Waals surface area contributed by atoms with Gasteiger partial charge in [0.05, 0.1) is 11.0 Å². The molecule has 7 rings (SSSR count). The number of aromatic amines is 1. The van der Waals surface area contributed by atoms with Crippen LogP contribution in [0.15, 0.2) is 78.9 Å². The van der Waals surface area contributed by atoms with Gasteiger partial charge in [-0.15, -0.1) is 0 Å². The van der Waals surface area contributed by atoms with Crippen LogP contribution in [0, 0.1) is 11.6 Å². The molecular weight excluding hydrogens is 534 g/mol. The molecule has 0 aliphatic carbocycles. The minimum Gasteiger partial charge on any atom is -0.508 e. The average Bonchev–Trinajstić information content (AvgIpc) is 3.56. The van der Waals surface area contributed by atoms with Gasteiger partial charge in [-0.05, 0) is 98.1 Å². The van der Waals surface area contributed by atoms with Crippen molar-refractivity contribution in [1.82, 2.24) is 19.8 Å². The van der Waals surface area contributed by atoms with Crippen molar-refractivity contribution in [1.29, 1.82) is 0 Å². The summed E-state index contributed by atoms with van der Waals surface area (Å²) in [5.41, 5.74) is 4.97. The first-order valence-electron chi connectivity index (χ1n) is 14.2. The Kier molecular flexibility index (Phi) is 6.50. The van der Waals surface area contributed by atoms with Crippen LogP contribution in [0.25, 0.3) is 22.2 Å². The van der Waals surface area contributed by atoms with E-state index in [4.69, 9.17) is 4.98 Å². The summed E-state index contributed by atoms with van der Waals surface area (Å²) in [6.45, 7) is 2.23. The number of aromatic hydroxyl groups is 1. The van der Waals surface area contributed by atoms with Gasteiger partial charge < -0.3 is 19.9 Å². The molecule has 6 nitrogen and oxygen atoms in total. The Hall–Kier alpha value is -4.56.